The molecule has 0 spiro atoms. The lowest BCUT2D eigenvalue weighted by Gasteiger charge is -2.32. The normalized spacial score (nSPS) is 16.4. The number of fused-ring (bicyclic) bond motifs is 1. The Kier molecular flexibility index (Phi) is 6.82. The zero-order valence-corrected chi connectivity index (χ0v) is 21.6. The molecule has 1 aliphatic heterocycles. The maximum absolute atomic E-state index is 15.8. The summed E-state index contributed by atoms with van der Waals surface area (Å²) in [6, 6.07) is 5.33. The Morgan fingerprint density at radius 3 is 3.00 bits per heavy atom. The van der Waals surface area contributed by atoms with Crippen molar-refractivity contribution in [2.75, 3.05) is 5.43 Å². The van der Waals surface area contributed by atoms with E-state index in [0.29, 0.717) is 33.0 Å². The van der Waals surface area contributed by atoms with Crippen LogP contribution in [0.2, 0.25) is 5.02 Å². The van der Waals surface area contributed by atoms with Gasteiger partial charge >= 0.3 is 5.97 Å². The Morgan fingerprint density at radius 1 is 1.42 bits per heavy atom. The maximum atomic E-state index is 15.8. The van der Waals surface area contributed by atoms with Crippen molar-refractivity contribution in [2.45, 2.75) is 32.1 Å². The zero-order valence-electron chi connectivity index (χ0n) is 19.2. The number of nitrogens with one attached hydrogen (secondary N) is 2. The summed E-state index contributed by atoms with van der Waals surface area (Å²) in [5.74, 6) is -1.20. The second-order valence-electron chi connectivity index (χ2n) is 8.34. The van der Waals surface area contributed by atoms with Gasteiger partial charge in [0.2, 0.25) is 0 Å². The number of hydrogen-bond donors (Lipinski definition) is 3. The molecule has 2 atom stereocenters. The summed E-state index contributed by atoms with van der Waals surface area (Å²) >= 11 is 9.08. The minimum atomic E-state index is -0.845. The van der Waals surface area contributed by atoms with Gasteiger partial charge < -0.3 is 5.11 Å². The van der Waals surface area contributed by atoms with E-state index in [2.05, 4.69) is 30.6 Å². The number of rotatable bonds is 8. The zero-order chi connectivity index (χ0) is 25.4. The molecule has 4 aromatic heterocycles. The molecule has 0 aliphatic carbocycles. The lowest BCUT2D eigenvalue weighted by atomic mass is 10.1. The van der Waals surface area contributed by atoms with Crippen LogP contribution in [0.5, 0.6) is 0 Å². The van der Waals surface area contributed by atoms with Gasteiger partial charge in [-0.2, -0.15) is 5.10 Å². The molecule has 1 aliphatic rings. The van der Waals surface area contributed by atoms with E-state index in [1.165, 1.54) is 17.5 Å². The van der Waals surface area contributed by atoms with Crippen LogP contribution in [0.4, 0.5) is 10.2 Å². The number of aromatic amines is 1. The Bertz CT molecular complexity index is 1460. The molecule has 3 N–H and O–H groups in total. The molecular formula is C23H21ClFN7O2S2. The number of carboxylic acid groups (broad SMARTS) is 1. The smallest absolute Gasteiger partial charge is 0.303 e. The summed E-state index contributed by atoms with van der Waals surface area (Å²) in [6.45, 7) is 3.88. The molecule has 13 heteroatoms. The van der Waals surface area contributed by atoms with Gasteiger partial charge in [0, 0.05) is 18.3 Å². The van der Waals surface area contributed by atoms with Crippen molar-refractivity contribution < 1.29 is 14.3 Å². The van der Waals surface area contributed by atoms with Crippen molar-refractivity contribution >= 4 is 57.5 Å². The number of carbonyl (C=O) groups is 1. The molecule has 0 saturated heterocycles. The van der Waals surface area contributed by atoms with Gasteiger partial charge in [-0.05, 0) is 42.2 Å². The SMILES string of the molecule is CC1=CSC(C(C)CCC(=O)O)N1Nc1nc(-c2[nH]nc3ncc(Cl)cc23)nc(-c2cccs2)c1F. The molecule has 5 heterocycles. The van der Waals surface area contributed by atoms with Gasteiger partial charge in [0.25, 0.3) is 0 Å². The van der Waals surface area contributed by atoms with E-state index in [0.717, 1.165) is 5.70 Å². The number of pyridine rings is 1. The number of allylic oxidation sites excluding steroid dienone is 1. The van der Waals surface area contributed by atoms with Gasteiger partial charge in [0.15, 0.2) is 23.1 Å². The van der Waals surface area contributed by atoms with Crippen molar-refractivity contribution in [3.63, 3.8) is 0 Å². The fourth-order valence-corrected chi connectivity index (χ4v) is 5.95. The molecule has 4 aromatic rings. The highest BCUT2D eigenvalue weighted by Crippen LogP contribution is 2.39. The molecule has 186 valence electrons. The molecule has 0 bridgehead atoms. The number of halogens is 2. The molecule has 9 nitrogen and oxygen atoms in total. The predicted octanol–water partition coefficient (Wildman–Crippen LogP) is 6.00. The van der Waals surface area contributed by atoms with Gasteiger partial charge in [-0.1, -0.05) is 24.6 Å². The first-order valence-electron chi connectivity index (χ1n) is 11.0. The van der Waals surface area contributed by atoms with Crippen molar-refractivity contribution in [3.8, 4) is 22.1 Å². The van der Waals surface area contributed by atoms with Gasteiger partial charge in [0.05, 0.1) is 15.3 Å². The fraction of sp³-hybridized carbons (Fsp3) is 0.261. The van der Waals surface area contributed by atoms with Crippen molar-refractivity contribution in [1.29, 1.82) is 0 Å². The van der Waals surface area contributed by atoms with Crippen LogP contribution < -0.4 is 5.43 Å². The summed E-state index contributed by atoms with van der Waals surface area (Å²) in [5, 5.41) is 22.8. The van der Waals surface area contributed by atoms with Crippen LogP contribution >= 0.6 is 34.7 Å². The molecular weight excluding hydrogens is 525 g/mol. The fourth-order valence-electron chi connectivity index (χ4n) is 3.89. The molecule has 0 radical (unpaired) electrons. The van der Waals surface area contributed by atoms with Crippen molar-refractivity contribution in [3.05, 3.63) is 51.7 Å². The molecule has 0 aromatic carbocycles. The van der Waals surface area contributed by atoms with Gasteiger partial charge in [0.1, 0.15) is 16.8 Å². The topological polar surface area (TPSA) is 120 Å². The number of hydrazine groups is 1. The summed E-state index contributed by atoms with van der Waals surface area (Å²) < 4.78 is 15.8. The first-order chi connectivity index (χ1) is 17.3. The van der Waals surface area contributed by atoms with Crippen molar-refractivity contribution in [1.82, 2.24) is 30.2 Å². The number of thiophene rings is 1. The number of carboxylic acids is 1. The third-order valence-electron chi connectivity index (χ3n) is 5.74. The van der Waals surface area contributed by atoms with Crippen LogP contribution in [0.1, 0.15) is 26.7 Å². The lowest BCUT2D eigenvalue weighted by Crippen LogP contribution is -2.38. The Labute approximate surface area is 218 Å². The summed E-state index contributed by atoms with van der Waals surface area (Å²) in [6.07, 6.45) is 2.04. The highest BCUT2D eigenvalue weighted by Gasteiger charge is 2.32. The minimum Gasteiger partial charge on any atom is -0.481 e. The first-order valence-corrected chi connectivity index (χ1v) is 13.2. The predicted molar refractivity (Wildman–Crippen MR) is 140 cm³/mol. The number of nitrogens with zero attached hydrogens (tertiary/aromatic N) is 5. The second kappa shape index (κ2) is 10.0. The van der Waals surface area contributed by atoms with Crippen LogP contribution in [0.25, 0.3) is 33.1 Å². The van der Waals surface area contributed by atoms with Gasteiger partial charge in [-0.25, -0.2) is 19.3 Å². The number of aromatic nitrogens is 5. The molecule has 0 fully saturated rings. The molecule has 0 saturated carbocycles. The summed E-state index contributed by atoms with van der Waals surface area (Å²) in [5.41, 5.74) is 5.07. The van der Waals surface area contributed by atoms with Crippen LogP contribution in [0.3, 0.4) is 0 Å². The van der Waals surface area contributed by atoms with E-state index < -0.39 is 11.8 Å². The highest BCUT2D eigenvalue weighted by atomic mass is 35.5. The number of anilines is 1. The van der Waals surface area contributed by atoms with E-state index >= 15 is 4.39 Å². The largest absolute Gasteiger partial charge is 0.481 e. The first kappa shape index (κ1) is 24.5. The van der Waals surface area contributed by atoms with E-state index in [1.807, 2.05) is 35.7 Å². The Morgan fingerprint density at radius 2 is 2.25 bits per heavy atom. The monoisotopic (exact) mass is 545 g/mol. The van der Waals surface area contributed by atoms with Crippen molar-refractivity contribution in [2.24, 2.45) is 5.92 Å². The maximum Gasteiger partial charge on any atom is 0.303 e. The quantitative estimate of drug-likeness (QED) is 0.245. The van der Waals surface area contributed by atoms with E-state index in [9.17, 15) is 4.79 Å². The number of aliphatic carboxylic acids is 1. The summed E-state index contributed by atoms with van der Waals surface area (Å²) in [4.78, 5) is 25.0. The molecule has 36 heavy (non-hydrogen) atoms. The average Bonchev–Trinajstić information content (AvgIpc) is 3.60. The van der Waals surface area contributed by atoms with Gasteiger partial charge in [-0.15, -0.1) is 23.1 Å². The van der Waals surface area contributed by atoms with Crippen LogP contribution in [-0.4, -0.2) is 46.6 Å². The van der Waals surface area contributed by atoms with E-state index in [-0.39, 0.29) is 35.0 Å². The molecule has 5 rings (SSSR count). The molecule has 2 unspecified atom stereocenters. The van der Waals surface area contributed by atoms with Crippen LogP contribution in [-0.2, 0) is 4.79 Å². The van der Waals surface area contributed by atoms with Crippen LogP contribution in [0.15, 0.2) is 40.9 Å². The third kappa shape index (κ3) is 4.75. The van der Waals surface area contributed by atoms with Crippen LogP contribution in [0, 0.1) is 11.7 Å². The minimum absolute atomic E-state index is 0.00757. The van der Waals surface area contributed by atoms with Gasteiger partial charge in [-0.3, -0.25) is 20.3 Å². The second-order valence-corrected chi connectivity index (χ2v) is 10.7. The average molecular weight is 546 g/mol. The highest BCUT2D eigenvalue weighted by molar-refractivity contribution is 8.02. The molecule has 0 amide bonds. The summed E-state index contributed by atoms with van der Waals surface area (Å²) in [7, 11) is 0. The standard InChI is InChI=1S/C23H21ClFN7O2S2/c1-11(5-6-16(33)34)23-32(12(2)10-36-23)31-21-17(25)19(15-4-3-7-35-15)27-22(28-21)18-14-8-13(24)9-26-20(14)30-29-18/h3-4,7-11,23H,5-6H2,1-2H3,(H,33,34)(H,26,29,30)(H,27,28,31). The number of H-pyrrole nitrogens is 1. The van der Waals surface area contributed by atoms with E-state index in [4.69, 9.17) is 16.7 Å². The lowest BCUT2D eigenvalue weighted by molar-refractivity contribution is -0.137. The Hall–Kier alpha value is -3.22. The van der Waals surface area contributed by atoms with E-state index in [1.54, 1.807) is 23.9 Å². The number of thioether (sulfide) groups is 1. The Balaban J connectivity index is 1.56. The number of hydrogen-bond acceptors (Lipinski definition) is 9. The third-order valence-corrected chi connectivity index (χ3v) is 8.26.